The second kappa shape index (κ2) is 11.6. The van der Waals surface area contributed by atoms with Crippen molar-refractivity contribution in [3.05, 3.63) is 41.6 Å². The summed E-state index contributed by atoms with van der Waals surface area (Å²) < 4.78 is 44.2. The fourth-order valence-electron chi connectivity index (χ4n) is 8.56. The molecular formula is C33H42BrN5O8S. The van der Waals surface area contributed by atoms with Crippen LogP contribution in [0.15, 0.2) is 30.5 Å². The molecule has 1 aliphatic carbocycles. The van der Waals surface area contributed by atoms with E-state index < -0.39 is 57.5 Å². The van der Waals surface area contributed by atoms with Crippen molar-refractivity contribution in [2.75, 3.05) is 26.4 Å². The van der Waals surface area contributed by atoms with E-state index in [1.807, 2.05) is 51.4 Å². The lowest BCUT2D eigenvalue weighted by Crippen LogP contribution is -2.71. The number of rotatable bonds is 8. The summed E-state index contributed by atoms with van der Waals surface area (Å²) in [4.78, 5) is 52.3. The molecule has 6 atom stereocenters. The van der Waals surface area contributed by atoms with Crippen molar-refractivity contribution in [1.82, 2.24) is 24.7 Å². The fourth-order valence-corrected chi connectivity index (χ4v) is 9.45. The van der Waals surface area contributed by atoms with E-state index in [1.54, 1.807) is 18.7 Å². The monoisotopic (exact) mass is 747 g/mol. The van der Waals surface area contributed by atoms with Crippen molar-refractivity contribution in [1.29, 1.82) is 0 Å². The first-order valence-electron chi connectivity index (χ1n) is 16.5. The Balaban J connectivity index is 1.37. The molecule has 7 rings (SSSR count). The van der Waals surface area contributed by atoms with Crippen LogP contribution in [0.2, 0.25) is 0 Å². The highest BCUT2D eigenvalue weighted by Crippen LogP contribution is 2.53. The molecule has 0 spiro atoms. The number of aromatic amines is 1. The molecule has 5 heterocycles. The van der Waals surface area contributed by atoms with Crippen LogP contribution in [-0.4, -0.2) is 107 Å². The molecule has 3 saturated heterocycles. The topological polar surface area (TPSA) is 142 Å². The average molecular weight is 749 g/mol. The molecule has 15 heteroatoms. The van der Waals surface area contributed by atoms with Crippen molar-refractivity contribution in [2.24, 2.45) is 17.8 Å². The molecular weight excluding hydrogens is 706 g/mol. The Bertz CT molecular complexity index is 1830. The number of nitrogens with zero attached hydrogens (tertiary/aromatic N) is 4. The summed E-state index contributed by atoms with van der Waals surface area (Å²) in [5, 5.41) is 1.72. The van der Waals surface area contributed by atoms with Crippen LogP contribution < -0.4 is 0 Å². The number of carbonyl (C=O) groups excluding carboxylic acids is 3. The van der Waals surface area contributed by atoms with Crippen LogP contribution in [0.5, 0.6) is 0 Å². The molecule has 1 aromatic heterocycles. The van der Waals surface area contributed by atoms with Gasteiger partial charge in [-0.3, -0.25) is 32.7 Å². The number of likely N-dealkylation sites (N-methyl/N-ethyl adjacent to an activating group) is 1. The zero-order chi connectivity index (χ0) is 34.5. The summed E-state index contributed by atoms with van der Waals surface area (Å²) in [6.07, 6.45) is 6.89. The number of H-pyrrole nitrogens is 1. The van der Waals surface area contributed by atoms with Gasteiger partial charge in [0.2, 0.25) is 5.91 Å². The van der Waals surface area contributed by atoms with Crippen molar-refractivity contribution in [3.8, 4) is 0 Å². The number of hydrogen-bond acceptors (Lipinski definition) is 9. The van der Waals surface area contributed by atoms with E-state index in [1.165, 1.54) is 10.5 Å². The van der Waals surface area contributed by atoms with Crippen molar-refractivity contribution < 1.29 is 35.7 Å². The summed E-state index contributed by atoms with van der Waals surface area (Å²) >= 11 is 3.14. The van der Waals surface area contributed by atoms with Crippen LogP contribution in [0, 0.1) is 17.8 Å². The third-order valence-corrected chi connectivity index (χ3v) is 11.5. The number of hydrogen-bond donors (Lipinski definition) is 1. The van der Waals surface area contributed by atoms with Gasteiger partial charge >= 0.3 is 0 Å². The Morgan fingerprint density at radius 3 is 2.65 bits per heavy atom. The fraction of sp³-hybridized carbons (Fsp3) is 0.606. The first-order chi connectivity index (χ1) is 22.6. The van der Waals surface area contributed by atoms with Gasteiger partial charge in [0.05, 0.1) is 12.2 Å². The van der Waals surface area contributed by atoms with E-state index in [0.717, 1.165) is 34.7 Å². The first kappa shape index (κ1) is 33.7. The normalized spacial score (nSPS) is 31.8. The van der Waals surface area contributed by atoms with E-state index >= 15 is 4.79 Å². The Morgan fingerprint density at radius 2 is 1.98 bits per heavy atom. The Hall–Kier alpha value is -2.82. The first-order valence-corrected chi connectivity index (χ1v) is 19.0. The van der Waals surface area contributed by atoms with Gasteiger partial charge < -0.3 is 9.88 Å². The third-order valence-electron chi connectivity index (χ3n) is 10.6. The van der Waals surface area contributed by atoms with Gasteiger partial charge in [0.15, 0.2) is 0 Å². The molecule has 5 aliphatic rings. The number of ether oxygens (including phenoxy) is 1. The summed E-state index contributed by atoms with van der Waals surface area (Å²) in [6, 6.07) is 4.31. The smallest absolute Gasteiger partial charge is 0.289 e. The molecule has 0 radical (unpaired) electrons. The molecule has 13 nitrogen and oxygen atoms in total. The predicted octanol–water partition coefficient (Wildman–Crippen LogP) is 3.37. The zero-order valence-electron chi connectivity index (χ0n) is 27.9. The number of amides is 3. The number of halogens is 1. The number of aromatic nitrogens is 1. The molecule has 0 saturated carbocycles. The minimum Gasteiger partial charge on any atom is -0.361 e. The highest BCUT2D eigenvalue weighted by Gasteiger charge is 2.76. The molecule has 1 aromatic carbocycles. The number of piperazine rings is 1. The number of nitrogens with one attached hydrogen (secondary N) is 1. The molecule has 260 valence electrons. The van der Waals surface area contributed by atoms with Gasteiger partial charge in [-0.15, -0.1) is 4.28 Å². The molecule has 3 amide bonds. The van der Waals surface area contributed by atoms with Crippen LogP contribution in [0.25, 0.3) is 16.5 Å². The lowest BCUT2D eigenvalue weighted by atomic mass is 9.79. The SMILES string of the molecule is CC(C)CC1C(=O)N2CCCC2C2(OBr)OC(C(C)C)(N(OS(C)(=O)=O)C(=O)C3C=C4c5cccc6[nH]cc(c56)CC4N(C)C3)C(=O)N12. The maximum absolute atomic E-state index is 15.1. The number of fused-ring (bicyclic) bond motifs is 5. The molecule has 1 N–H and O–H groups in total. The van der Waals surface area contributed by atoms with Crippen molar-refractivity contribution in [3.63, 3.8) is 0 Å². The highest BCUT2D eigenvalue weighted by molar-refractivity contribution is 9.06. The average Bonchev–Trinajstić information content (AvgIpc) is 3.75. The molecule has 4 aliphatic heterocycles. The van der Waals surface area contributed by atoms with Gasteiger partial charge in [0.25, 0.3) is 33.6 Å². The Labute approximate surface area is 289 Å². The van der Waals surface area contributed by atoms with Gasteiger partial charge in [-0.05, 0) is 61.4 Å². The summed E-state index contributed by atoms with van der Waals surface area (Å²) in [5.41, 5.74) is 1.82. The maximum Gasteiger partial charge on any atom is 0.289 e. The third kappa shape index (κ3) is 4.83. The van der Waals surface area contributed by atoms with Gasteiger partial charge in [-0.2, -0.15) is 13.5 Å². The lowest BCUT2D eigenvalue weighted by molar-refractivity contribution is -0.338. The molecule has 3 fully saturated rings. The second-order valence-electron chi connectivity index (χ2n) is 14.5. The van der Waals surface area contributed by atoms with Gasteiger partial charge in [-0.25, -0.2) is 0 Å². The van der Waals surface area contributed by atoms with Gasteiger partial charge in [0, 0.05) is 42.1 Å². The summed E-state index contributed by atoms with van der Waals surface area (Å²) in [5.74, 6) is -5.33. The molecule has 48 heavy (non-hydrogen) atoms. The summed E-state index contributed by atoms with van der Waals surface area (Å²) in [7, 11) is -2.45. The van der Waals surface area contributed by atoms with Gasteiger partial charge in [0.1, 0.15) is 28.3 Å². The maximum atomic E-state index is 15.1. The molecule has 0 bridgehead atoms. The van der Waals surface area contributed by atoms with E-state index in [4.69, 9.17) is 12.8 Å². The lowest BCUT2D eigenvalue weighted by Gasteiger charge is -2.50. The number of hydroxylamine groups is 2. The number of benzene rings is 1. The molecule has 2 aromatic rings. The highest BCUT2D eigenvalue weighted by atomic mass is 79.9. The van der Waals surface area contributed by atoms with Crippen LogP contribution in [0.3, 0.4) is 0 Å². The molecule has 6 unspecified atom stereocenters. The quantitative estimate of drug-likeness (QED) is 0.403. The van der Waals surface area contributed by atoms with Crippen LogP contribution in [0.1, 0.15) is 58.1 Å². The largest absolute Gasteiger partial charge is 0.361 e. The van der Waals surface area contributed by atoms with E-state index in [9.17, 15) is 18.0 Å². The Kier molecular flexibility index (Phi) is 8.15. The second-order valence-corrected chi connectivity index (χ2v) is 16.4. The standard InChI is InChI=1S/C33H42BrN5O8S/c1-18(2)13-26-30(41)37-12-8-11-27(37)33(46-34)38(26)31(42)32(45-33,19(3)4)39(47-48(6,43)44)29(40)21-14-23-22-9-7-10-24-28(22)20(16-35-24)15-25(23)36(5)17-21/h7,9-10,14,16,18-19,21,25-27,35H,8,11-13,15,17H2,1-6H3. The minimum atomic E-state index is -4.38. The number of carbonyl (C=O) groups is 3. The van der Waals surface area contributed by atoms with Crippen molar-refractivity contribution >= 4 is 60.6 Å². The van der Waals surface area contributed by atoms with Crippen LogP contribution >= 0.6 is 16.3 Å². The van der Waals surface area contributed by atoms with Crippen molar-refractivity contribution in [2.45, 2.75) is 83.1 Å². The van der Waals surface area contributed by atoms with E-state index in [2.05, 4.69) is 26.1 Å². The van der Waals surface area contributed by atoms with E-state index in [0.29, 0.717) is 30.9 Å². The van der Waals surface area contributed by atoms with Gasteiger partial charge in [-0.1, -0.05) is 45.9 Å². The predicted molar refractivity (Wildman–Crippen MR) is 179 cm³/mol. The summed E-state index contributed by atoms with van der Waals surface area (Å²) in [6.45, 7) is 7.91. The van der Waals surface area contributed by atoms with Crippen LogP contribution in [0.4, 0.5) is 0 Å². The zero-order valence-corrected chi connectivity index (χ0v) is 30.3. The van der Waals surface area contributed by atoms with Crippen LogP contribution in [-0.2, 0) is 43.8 Å². The van der Waals surface area contributed by atoms with E-state index in [-0.39, 0.29) is 24.4 Å². The Morgan fingerprint density at radius 1 is 1.23 bits per heavy atom. The minimum absolute atomic E-state index is 0.00847.